The molecule has 0 amide bonds. The first-order valence-electron chi connectivity index (χ1n) is 4.12. The molecule has 68 valence electrons. The predicted octanol–water partition coefficient (Wildman–Crippen LogP) is 0.775. The number of hydrogen-bond donors (Lipinski definition) is 1. The first-order valence-corrected chi connectivity index (χ1v) is 4.12. The van der Waals surface area contributed by atoms with Crippen molar-refractivity contribution in [3.05, 3.63) is 0 Å². The van der Waals surface area contributed by atoms with E-state index in [2.05, 4.69) is 6.92 Å². The van der Waals surface area contributed by atoms with Gasteiger partial charge in [0.25, 0.3) is 0 Å². The maximum atomic E-state index is 5.78. The molecule has 0 saturated heterocycles. The van der Waals surface area contributed by atoms with Crippen LogP contribution >= 0.6 is 0 Å². The number of ether oxygens (including phenoxy) is 2. The summed E-state index contributed by atoms with van der Waals surface area (Å²) in [6.07, 6.45) is 1.06. The normalized spacial score (nSPS) is 16.4. The molecule has 3 heteroatoms. The molecule has 0 heterocycles. The minimum Gasteiger partial charge on any atom is -0.380 e. The van der Waals surface area contributed by atoms with Crippen molar-refractivity contribution in [2.75, 3.05) is 20.3 Å². The zero-order chi connectivity index (χ0) is 8.69. The molecule has 2 N–H and O–H groups in total. The van der Waals surface area contributed by atoms with Crippen molar-refractivity contribution in [2.45, 2.75) is 32.4 Å². The summed E-state index contributed by atoms with van der Waals surface area (Å²) in [7, 11) is 1.68. The van der Waals surface area contributed by atoms with Gasteiger partial charge in [0, 0.05) is 13.7 Å². The third-order valence-electron chi connectivity index (χ3n) is 1.70. The second kappa shape index (κ2) is 6.58. The summed E-state index contributed by atoms with van der Waals surface area (Å²) in [6, 6.07) is 0.00458. The molecular weight excluding hydrogens is 142 g/mol. The molecule has 3 nitrogen and oxygen atoms in total. The molecule has 0 aliphatic carbocycles. The van der Waals surface area contributed by atoms with Crippen molar-refractivity contribution in [1.29, 1.82) is 0 Å². The topological polar surface area (TPSA) is 44.5 Å². The van der Waals surface area contributed by atoms with Gasteiger partial charge in [-0.3, -0.25) is 0 Å². The minimum absolute atomic E-state index is 0.00458. The molecule has 0 spiro atoms. The van der Waals surface area contributed by atoms with E-state index in [1.165, 1.54) is 0 Å². The van der Waals surface area contributed by atoms with Crippen molar-refractivity contribution in [3.8, 4) is 0 Å². The van der Waals surface area contributed by atoms with E-state index in [4.69, 9.17) is 15.2 Å². The SMILES string of the molecule is CCOCC(N)C(CC)OC. The highest BCUT2D eigenvalue weighted by atomic mass is 16.5. The van der Waals surface area contributed by atoms with E-state index in [0.717, 1.165) is 6.42 Å². The van der Waals surface area contributed by atoms with Gasteiger partial charge in [-0.25, -0.2) is 0 Å². The van der Waals surface area contributed by atoms with Gasteiger partial charge >= 0.3 is 0 Å². The van der Waals surface area contributed by atoms with E-state index in [9.17, 15) is 0 Å². The van der Waals surface area contributed by atoms with E-state index >= 15 is 0 Å². The third kappa shape index (κ3) is 4.35. The summed E-state index contributed by atoms with van der Waals surface area (Å²) >= 11 is 0. The predicted molar refractivity (Wildman–Crippen MR) is 45.6 cm³/mol. The van der Waals surface area contributed by atoms with Crippen LogP contribution in [0, 0.1) is 0 Å². The fourth-order valence-corrected chi connectivity index (χ4v) is 1.01. The van der Waals surface area contributed by atoms with Gasteiger partial charge in [0.2, 0.25) is 0 Å². The maximum Gasteiger partial charge on any atom is 0.0742 e. The van der Waals surface area contributed by atoms with Gasteiger partial charge in [-0.2, -0.15) is 0 Å². The van der Waals surface area contributed by atoms with Gasteiger partial charge < -0.3 is 15.2 Å². The van der Waals surface area contributed by atoms with Gasteiger partial charge in [-0.1, -0.05) is 6.92 Å². The van der Waals surface area contributed by atoms with Crippen molar-refractivity contribution < 1.29 is 9.47 Å². The smallest absolute Gasteiger partial charge is 0.0742 e. The van der Waals surface area contributed by atoms with Gasteiger partial charge in [0.05, 0.1) is 18.8 Å². The monoisotopic (exact) mass is 161 g/mol. The Kier molecular flexibility index (Phi) is 6.51. The number of nitrogens with two attached hydrogens (primary N) is 1. The average Bonchev–Trinajstić information content (AvgIpc) is 2.03. The summed E-state index contributed by atoms with van der Waals surface area (Å²) in [4.78, 5) is 0. The standard InChI is InChI=1S/C8H19NO2/c1-4-8(10-3)7(9)6-11-5-2/h7-8H,4-6,9H2,1-3H3. The molecule has 0 rings (SSSR count). The van der Waals surface area contributed by atoms with Crippen LogP contribution in [0.4, 0.5) is 0 Å². The van der Waals surface area contributed by atoms with E-state index in [1.54, 1.807) is 7.11 Å². The second-order valence-corrected chi connectivity index (χ2v) is 2.51. The molecule has 2 unspecified atom stereocenters. The fourth-order valence-electron chi connectivity index (χ4n) is 1.01. The van der Waals surface area contributed by atoms with Crippen molar-refractivity contribution in [1.82, 2.24) is 0 Å². The zero-order valence-electron chi connectivity index (χ0n) is 7.67. The Morgan fingerprint density at radius 1 is 1.36 bits per heavy atom. The fraction of sp³-hybridized carbons (Fsp3) is 1.00. The quantitative estimate of drug-likeness (QED) is 0.626. The lowest BCUT2D eigenvalue weighted by Crippen LogP contribution is -2.39. The Bertz CT molecular complexity index is 84.2. The molecule has 0 aromatic heterocycles. The largest absolute Gasteiger partial charge is 0.380 e. The van der Waals surface area contributed by atoms with Crippen LogP contribution in [-0.2, 0) is 9.47 Å². The summed E-state index contributed by atoms with van der Waals surface area (Å²) in [5, 5.41) is 0. The van der Waals surface area contributed by atoms with Crippen molar-refractivity contribution >= 4 is 0 Å². The Morgan fingerprint density at radius 2 is 2.00 bits per heavy atom. The van der Waals surface area contributed by atoms with E-state index in [0.29, 0.717) is 13.2 Å². The van der Waals surface area contributed by atoms with E-state index in [-0.39, 0.29) is 12.1 Å². The molecule has 0 radical (unpaired) electrons. The van der Waals surface area contributed by atoms with Gasteiger partial charge in [-0.15, -0.1) is 0 Å². The molecule has 11 heavy (non-hydrogen) atoms. The molecular formula is C8H19NO2. The Labute approximate surface area is 68.9 Å². The summed E-state index contributed by atoms with van der Waals surface area (Å²) in [6.45, 7) is 5.32. The summed E-state index contributed by atoms with van der Waals surface area (Å²) in [5.41, 5.74) is 5.78. The van der Waals surface area contributed by atoms with Crippen LogP contribution in [0.25, 0.3) is 0 Å². The first-order chi connectivity index (χ1) is 5.26. The van der Waals surface area contributed by atoms with Crippen LogP contribution in [0.3, 0.4) is 0 Å². The summed E-state index contributed by atoms with van der Waals surface area (Å²) in [5.74, 6) is 0. The highest BCUT2D eigenvalue weighted by molar-refractivity contribution is 4.70. The third-order valence-corrected chi connectivity index (χ3v) is 1.70. The molecule has 2 atom stereocenters. The average molecular weight is 161 g/mol. The van der Waals surface area contributed by atoms with Crippen molar-refractivity contribution in [3.63, 3.8) is 0 Å². The van der Waals surface area contributed by atoms with Gasteiger partial charge in [0.1, 0.15) is 0 Å². The van der Waals surface area contributed by atoms with E-state index < -0.39 is 0 Å². The number of rotatable bonds is 6. The molecule has 0 aliphatic heterocycles. The molecule has 0 fully saturated rings. The van der Waals surface area contributed by atoms with Crippen LogP contribution < -0.4 is 5.73 Å². The van der Waals surface area contributed by atoms with Crippen LogP contribution in [0.1, 0.15) is 20.3 Å². The molecule has 0 aromatic rings. The Hall–Kier alpha value is -0.120. The number of hydrogen-bond acceptors (Lipinski definition) is 3. The highest BCUT2D eigenvalue weighted by Gasteiger charge is 2.14. The lowest BCUT2D eigenvalue weighted by Gasteiger charge is -2.20. The first kappa shape index (κ1) is 10.9. The van der Waals surface area contributed by atoms with Crippen LogP contribution in [-0.4, -0.2) is 32.5 Å². The second-order valence-electron chi connectivity index (χ2n) is 2.51. The lowest BCUT2D eigenvalue weighted by atomic mass is 10.1. The van der Waals surface area contributed by atoms with Crippen LogP contribution in [0.5, 0.6) is 0 Å². The molecule has 0 saturated carbocycles. The number of methoxy groups -OCH3 is 1. The Balaban J connectivity index is 3.51. The molecule has 0 bridgehead atoms. The highest BCUT2D eigenvalue weighted by Crippen LogP contribution is 2.00. The molecule has 0 aromatic carbocycles. The zero-order valence-corrected chi connectivity index (χ0v) is 7.67. The minimum atomic E-state index is 0.00458. The lowest BCUT2D eigenvalue weighted by molar-refractivity contribution is 0.0354. The Morgan fingerprint density at radius 3 is 2.36 bits per heavy atom. The van der Waals surface area contributed by atoms with Gasteiger partial charge in [-0.05, 0) is 13.3 Å². The van der Waals surface area contributed by atoms with Crippen molar-refractivity contribution in [2.24, 2.45) is 5.73 Å². The van der Waals surface area contributed by atoms with E-state index in [1.807, 2.05) is 6.92 Å². The van der Waals surface area contributed by atoms with Crippen LogP contribution in [0.15, 0.2) is 0 Å². The van der Waals surface area contributed by atoms with Crippen LogP contribution in [0.2, 0.25) is 0 Å². The maximum absolute atomic E-state index is 5.78. The molecule has 0 aliphatic rings. The van der Waals surface area contributed by atoms with Gasteiger partial charge in [0.15, 0.2) is 0 Å². The summed E-state index contributed by atoms with van der Waals surface area (Å²) < 4.78 is 10.3.